The average Bonchev–Trinajstić information content (AvgIpc) is 2.54. The van der Waals surface area contributed by atoms with Crippen molar-refractivity contribution < 1.29 is 8.78 Å². The zero-order valence-electron chi connectivity index (χ0n) is 15.2. The molecule has 1 aliphatic carbocycles. The zero-order chi connectivity index (χ0) is 17.0. The van der Waals surface area contributed by atoms with Crippen LogP contribution in [0.3, 0.4) is 0 Å². The molecule has 0 saturated heterocycles. The van der Waals surface area contributed by atoms with E-state index in [1.54, 1.807) is 19.1 Å². The molecule has 0 radical (unpaired) electrons. The molecule has 1 saturated carbocycles. The summed E-state index contributed by atoms with van der Waals surface area (Å²) in [6, 6.07) is 3.52. The summed E-state index contributed by atoms with van der Waals surface area (Å²) in [5, 5.41) is 0. The van der Waals surface area contributed by atoms with E-state index in [1.165, 1.54) is 19.3 Å². The first-order chi connectivity index (χ1) is 10.9. The molecule has 130 valence electrons. The van der Waals surface area contributed by atoms with Gasteiger partial charge < -0.3 is 0 Å². The Morgan fingerprint density at radius 2 is 1.65 bits per heavy atom. The Morgan fingerprint density at radius 1 is 1.00 bits per heavy atom. The highest BCUT2D eigenvalue weighted by Gasteiger charge is 2.29. The van der Waals surface area contributed by atoms with E-state index in [4.69, 9.17) is 0 Å². The molecule has 23 heavy (non-hydrogen) atoms. The first-order valence-electron chi connectivity index (χ1n) is 9.38. The SMILES string of the molecule is CCC(CCC(C)C)C1CCC(c2ccc(C)c(F)c2F)CC1. The van der Waals surface area contributed by atoms with Crippen LogP contribution >= 0.6 is 0 Å². The van der Waals surface area contributed by atoms with Crippen molar-refractivity contribution in [2.24, 2.45) is 17.8 Å². The first-order valence-corrected chi connectivity index (χ1v) is 9.38. The molecular formula is C21H32F2. The third kappa shape index (κ3) is 4.55. The molecule has 1 atom stereocenters. The summed E-state index contributed by atoms with van der Waals surface area (Å²) in [5.74, 6) is 1.27. The van der Waals surface area contributed by atoms with Crippen molar-refractivity contribution >= 4 is 0 Å². The van der Waals surface area contributed by atoms with Crippen LogP contribution in [0.2, 0.25) is 0 Å². The fourth-order valence-corrected chi connectivity index (χ4v) is 4.20. The van der Waals surface area contributed by atoms with Crippen LogP contribution in [0.15, 0.2) is 12.1 Å². The van der Waals surface area contributed by atoms with Gasteiger partial charge in [-0.05, 0) is 73.8 Å². The zero-order valence-corrected chi connectivity index (χ0v) is 15.2. The Bertz CT molecular complexity index is 499. The minimum Gasteiger partial charge on any atom is -0.203 e. The van der Waals surface area contributed by atoms with Gasteiger partial charge in [0.2, 0.25) is 0 Å². The van der Waals surface area contributed by atoms with Crippen LogP contribution in [-0.2, 0) is 0 Å². The summed E-state index contributed by atoms with van der Waals surface area (Å²) >= 11 is 0. The molecule has 1 aromatic rings. The number of hydrogen-bond donors (Lipinski definition) is 0. The molecule has 2 rings (SSSR count). The highest BCUT2D eigenvalue weighted by molar-refractivity contribution is 5.28. The molecule has 0 spiro atoms. The van der Waals surface area contributed by atoms with Crippen LogP contribution in [0.4, 0.5) is 8.78 Å². The third-order valence-corrected chi connectivity index (χ3v) is 5.82. The average molecular weight is 322 g/mol. The topological polar surface area (TPSA) is 0 Å². The summed E-state index contributed by atoms with van der Waals surface area (Å²) in [4.78, 5) is 0. The molecule has 0 aliphatic heterocycles. The lowest BCUT2D eigenvalue weighted by Gasteiger charge is -2.34. The molecule has 0 aromatic heterocycles. The van der Waals surface area contributed by atoms with Crippen molar-refractivity contribution in [3.8, 4) is 0 Å². The minimum atomic E-state index is -0.659. The van der Waals surface area contributed by atoms with Gasteiger partial charge in [-0.15, -0.1) is 0 Å². The van der Waals surface area contributed by atoms with Crippen LogP contribution in [-0.4, -0.2) is 0 Å². The van der Waals surface area contributed by atoms with Gasteiger partial charge in [0, 0.05) is 0 Å². The van der Waals surface area contributed by atoms with Gasteiger partial charge in [0.05, 0.1) is 0 Å². The smallest absolute Gasteiger partial charge is 0.162 e. The van der Waals surface area contributed by atoms with Crippen molar-refractivity contribution in [3.05, 3.63) is 34.9 Å². The number of halogens is 2. The Kier molecular flexibility index (Phi) is 6.61. The first kappa shape index (κ1) is 18.4. The van der Waals surface area contributed by atoms with E-state index in [1.807, 2.05) is 0 Å². The quantitative estimate of drug-likeness (QED) is 0.528. The number of aryl methyl sites for hydroxylation is 1. The van der Waals surface area contributed by atoms with Gasteiger partial charge in [0.25, 0.3) is 0 Å². The second-order valence-electron chi connectivity index (χ2n) is 7.85. The number of rotatable bonds is 6. The maximum absolute atomic E-state index is 14.2. The summed E-state index contributed by atoms with van der Waals surface area (Å²) in [6.45, 7) is 8.50. The summed E-state index contributed by atoms with van der Waals surface area (Å²) < 4.78 is 28.0. The molecule has 1 aliphatic rings. The third-order valence-electron chi connectivity index (χ3n) is 5.82. The maximum atomic E-state index is 14.2. The monoisotopic (exact) mass is 322 g/mol. The molecular weight excluding hydrogens is 290 g/mol. The summed E-state index contributed by atoms with van der Waals surface area (Å²) in [7, 11) is 0. The Labute approximate surface area is 140 Å². The van der Waals surface area contributed by atoms with Crippen molar-refractivity contribution in [2.45, 2.75) is 78.6 Å². The number of benzene rings is 1. The second-order valence-corrected chi connectivity index (χ2v) is 7.85. The fourth-order valence-electron chi connectivity index (χ4n) is 4.20. The van der Waals surface area contributed by atoms with Gasteiger partial charge in [-0.1, -0.05) is 45.7 Å². The van der Waals surface area contributed by atoms with Crippen molar-refractivity contribution in [1.82, 2.24) is 0 Å². The van der Waals surface area contributed by atoms with E-state index in [0.717, 1.165) is 43.4 Å². The molecule has 0 heterocycles. The van der Waals surface area contributed by atoms with Crippen LogP contribution < -0.4 is 0 Å². The van der Waals surface area contributed by atoms with E-state index >= 15 is 0 Å². The Balaban J connectivity index is 1.97. The summed E-state index contributed by atoms with van der Waals surface area (Å²) in [5.41, 5.74) is 1.00. The lowest BCUT2D eigenvalue weighted by atomic mass is 9.71. The molecule has 0 nitrogen and oxygen atoms in total. The normalized spacial score (nSPS) is 23.3. The van der Waals surface area contributed by atoms with Gasteiger partial charge >= 0.3 is 0 Å². The van der Waals surface area contributed by atoms with E-state index in [0.29, 0.717) is 11.1 Å². The van der Waals surface area contributed by atoms with Gasteiger partial charge in [0.1, 0.15) is 0 Å². The predicted molar refractivity (Wildman–Crippen MR) is 93.6 cm³/mol. The van der Waals surface area contributed by atoms with Crippen LogP contribution in [0.1, 0.15) is 82.8 Å². The van der Waals surface area contributed by atoms with Gasteiger partial charge in [-0.2, -0.15) is 0 Å². The molecule has 0 amide bonds. The van der Waals surface area contributed by atoms with Crippen LogP contribution in [0.25, 0.3) is 0 Å². The molecule has 1 unspecified atom stereocenters. The van der Waals surface area contributed by atoms with E-state index in [2.05, 4.69) is 20.8 Å². The van der Waals surface area contributed by atoms with Crippen molar-refractivity contribution in [1.29, 1.82) is 0 Å². The standard InChI is InChI=1S/C21H32F2/c1-5-16(8-6-14(2)3)17-9-11-18(12-10-17)19-13-7-15(4)20(22)21(19)23/h7,13-14,16-18H,5-6,8-12H2,1-4H3. The fraction of sp³-hybridized carbons (Fsp3) is 0.714. The Morgan fingerprint density at radius 3 is 2.22 bits per heavy atom. The van der Waals surface area contributed by atoms with Gasteiger partial charge in [0.15, 0.2) is 11.6 Å². The predicted octanol–water partition coefficient (Wildman–Crippen LogP) is 7.01. The van der Waals surface area contributed by atoms with Gasteiger partial charge in [-0.25, -0.2) is 8.78 Å². The molecule has 0 N–H and O–H groups in total. The largest absolute Gasteiger partial charge is 0.203 e. The molecule has 2 heteroatoms. The van der Waals surface area contributed by atoms with E-state index in [-0.39, 0.29) is 5.92 Å². The molecule has 1 aromatic carbocycles. The maximum Gasteiger partial charge on any atom is 0.162 e. The van der Waals surface area contributed by atoms with E-state index < -0.39 is 11.6 Å². The number of hydrogen-bond acceptors (Lipinski definition) is 0. The molecule has 1 fully saturated rings. The lowest BCUT2D eigenvalue weighted by Crippen LogP contribution is -2.22. The minimum absolute atomic E-state index is 0.198. The highest BCUT2D eigenvalue weighted by Crippen LogP contribution is 2.42. The van der Waals surface area contributed by atoms with E-state index in [9.17, 15) is 8.78 Å². The van der Waals surface area contributed by atoms with Crippen LogP contribution in [0, 0.1) is 36.3 Å². The van der Waals surface area contributed by atoms with Crippen molar-refractivity contribution in [3.63, 3.8) is 0 Å². The lowest BCUT2D eigenvalue weighted by molar-refractivity contribution is 0.206. The van der Waals surface area contributed by atoms with Crippen LogP contribution in [0.5, 0.6) is 0 Å². The van der Waals surface area contributed by atoms with Gasteiger partial charge in [-0.3, -0.25) is 0 Å². The Hall–Kier alpha value is -0.920. The second kappa shape index (κ2) is 8.26. The molecule has 0 bridgehead atoms. The summed E-state index contributed by atoms with van der Waals surface area (Å²) in [6.07, 6.45) is 8.19. The highest BCUT2D eigenvalue weighted by atomic mass is 19.2. The van der Waals surface area contributed by atoms with Crippen molar-refractivity contribution in [2.75, 3.05) is 0 Å².